The second-order valence-electron chi connectivity index (χ2n) is 7.91. The molecular weight excluding hydrogens is 435 g/mol. The van der Waals surface area contributed by atoms with Crippen molar-refractivity contribution in [2.75, 3.05) is 12.4 Å². The minimum Gasteiger partial charge on any atom is -0.497 e. The summed E-state index contributed by atoms with van der Waals surface area (Å²) in [4.78, 5) is 25.5. The summed E-state index contributed by atoms with van der Waals surface area (Å²) >= 11 is 0. The number of hydrogen-bond donors (Lipinski definition) is 2. The van der Waals surface area contributed by atoms with E-state index < -0.39 is 12.1 Å². The highest BCUT2D eigenvalue weighted by Crippen LogP contribution is 2.35. The molecule has 1 aliphatic heterocycles. The minimum atomic E-state index is -1.22. The van der Waals surface area contributed by atoms with E-state index in [1.54, 1.807) is 37.6 Å². The maximum absolute atomic E-state index is 14.9. The Hall–Kier alpha value is -4.33. The predicted molar refractivity (Wildman–Crippen MR) is 128 cm³/mol. The van der Waals surface area contributed by atoms with Gasteiger partial charge in [0.25, 0.3) is 0 Å². The van der Waals surface area contributed by atoms with E-state index in [-0.39, 0.29) is 18.5 Å². The number of carbonyl (C=O) groups is 1. The van der Waals surface area contributed by atoms with Crippen LogP contribution in [0.25, 0.3) is 11.3 Å². The summed E-state index contributed by atoms with van der Waals surface area (Å²) in [6.07, 6.45) is 5.97. The predicted octanol–water partition coefficient (Wildman–Crippen LogP) is 5.12. The third-order valence-electron chi connectivity index (χ3n) is 5.74. The monoisotopic (exact) mass is 456 g/mol. The molecule has 1 unspecified atom stereocenters. The smallest absolute Gasteiger partial charge is 0.335 e. The van der Waals surface area contributed by atoms with Crippen LogP contribution in [0.4, 0.5) is 16.0 Å². The number of halogens is 1. The maximum atomic E-state index is 14.9. The zero-order chi connectivity index (χ0) is 23.7. The molecule has 1 atom stereocenters. The van der Waals surface area contributed by atoms with E-state index in [1.807, 2.05) is 24.3 Å². The summed E-state index contributed by atoms with van der Waals surface area (Å²) in [6, 6.07) is 12.2. The van der Waals surface area contributed by atoms with E-state index in [2.05, 4.69) is 15.3 Å². The number of alkyl halides is 1. The van der Waals surface area contributed by atoms with Gasteiger partial charge in [0.05, 0.1) is 30.6 Å². The first-order valence-corrected chi connectivity index (χ1v) is 10.7. The molecule has 0 fully saturated rings. The van der Waals surface area contributed by atoms with Crippen LogP contribution in [-0.4, -0.2) is 40.0 Å². The third-order valence-corrected chi connectivity index (χ3v) is 5.74. The number of carboxylic acids is 1. The largest absolute Gasteiger partial charge is 0.497 e. The molecule has 0 bridgehead atoms. The molecule has 0 saturated carbocycles. The third kappa shape index (κ3) is 4.05. The van der Waals surface area contributed by atoms with Gasteiger partial charge in [-0.1, -0.05) is 30.4 Å². The molecule has 1 aliphatic carbocycles. The first kappa shape index (κ1) is 21.5. The number of benzene rings is 2. The van der Waals surface area contributed by atoms with Gasteiger partial charge in [0.1, 0.15) is 11.9 Å². The Balaban J connectivity index is 1.62. The van der Waals surface area contributed by atoms with Crippen molar-refractivity contribution in [2.24, 2.45) is 4.99 Å². The van der Waals surface area contributed by atoms with E-state index in [0.717, 1.165) is 11.3 Å². The van der Waals surface area contributed by atoms with Crippen LogP contribution in [0, 0.1) is 0 Å². The van der Waals surface area contributed by atoms with Gasteiger partial charge in [-0.25, -0.2) is 19.2 Å². The molecule has 7 nitrogen and oxygen atoms in total. The van der Waals surface area contributed by atoms with Crippen LogP contribution in [0.5, 0.6) is 5.75 Å². The van der Waals surface area contributed by atoms with Crippen molar-refractivity contribution in [3.8, 4) is 17.0 Å². The highest BCUT2D eigenvalue weighted by atomic mass is 19.1. The number of methoxy groups -OCH3 is 1. The van der Waals surface area contributed by atoms with Crippen molar-refractivity contribution in [2.45, 2.75) is 19.1 Å². The van der Waals surface area contributed by atoms with Crippen molar-refractivity contribution in [3.63, 3.8) is 0 Å². The Bertz CT molecular complexity index is 1380. The highest BCUT2D eigenvalue weighted by molar-refractivity contribution is 6.18. The fraction of sp³-hybridized carbons (Fsp3) is 0.154. The summed E-state index contributed by atoms with van der Waals surface area (Å²) in [5, 5.41) is 12.7. The zero-order valence-electron chi connectivity index (χ0n) is 18.3. The lowest BCUT2D eigenvalue weighted by atomic mass is 9.89. The van der Waals surface area contributed by atoms with Gasteiger partial charge in [-0.05, 0) is 24.3 Å². The van der Waals surface area contributed by atoms with Crippen molar-refractivity contribution in [3.05, 3.63) is 89.2 Å². The summed E-state index contributed by atoms with van der Waals surface area (Å²) in [5.41, 5.74) is 4.32. The van der Waals surface area contributed by atoms with Gasteiger partial charge >= 0.3 is 5.97 Å². The molecular formula is C26H21FN4O3. The Kier molecular flexibility index (Phi) is 5.63. The van der Waals surface area contributed by atoms with Gasteiger partial charge in [-0.2, -0.15) is 0 Å². The Morgan fingerprint density at radius 1 is 1.21 bits per heavy atom. The number of nitrogens with one attached hydrogen (secondary N) is 1. The lowest BCUT2D eigenvalue weighted by molar-refractivity contribution is 0.0697. The quantitative estimate of drug-likeness (QED) is 0.553. The topological polar surface area (TPSA) is 96.7 Å². The molecule has 0 radical (unpaired) electrons. The zero-order valence-corrected chi connectivity index (χ0v) is 18.3. The molecule has 1 aromatic heterocycles. The van der Waals surface area contributed by atoms with Crippen LogP contribution < -0.4 is 10.1 Å². The molecule has 5 rings (SSSR count). The lowest BCUT2D eigenvalue weighted by Gasteiger charge is -2.18. The number of allylic oxidation sites excluding steroid dienone is 4. The Labute approximate surface area is 195 Å². The first-order valence-electron chi connectivity index (χ1n) is 10.7. The summed E-state index contributed by atoms with van der Waals surface area (Å²) in [6.45, 7) is 0.245. The van der Waals surface area contributed by atoms with Crippen molar-refractivity contribution in [1.29, 1.82) is 0 Å². The number of aromatic nitrogens is 2. The lowest BCUT2D eigenvalue weighted by Crippen LogP contribution is -2.18. The van der Waals surface area contributed by atoms with Gasteiger partial charge in [-0.15, -0.1) is 0 Å². The van der Waals surface area contributed by atoms with Gasteiger partial charge in [0.2, 0.25) is 5.95 Å². The van der Waals surface area contributed by atoms with Gasteiger partial charge < -0.3 is 15.2 Å². The highest BCUT2D eigenvalue weighted by Gasteiger charge is 2.27. The molecule has 0 saturated heterocycles. The molecule has 2 aliphatic rings. The van der Waals surface area contributed by atoms with Crippen LogP contribution in [0.2, 0.25) is 0 Å². The van der Waals surface area contributed by atoms with Crippen molar-refractivity contribution >= 4 is 23.3 Å². The number of aliphatic imine (C=N–C) groups is 1. The number of ether oxygens (including phenoxy) is 1. The fourth-order valence-electron chi connectivity index (χ4n) is 4.05. The number of nitrogens with zero attached hydrogens (tertiary/aromatic N) is 3. The van der Waals surface area contributed by atoms with Crippen molar-refractivity contribution in [1.82, 2.24) is 9.97 Å². The van der Waals surface area contributed by atoms with Crippen LogP contribution in [-0.2, 0) is 6.54 Å². The van der Waals surface area contributed by atoms with Gasteiger partial charge in [-0.3, -0.25) is 4.99 Å². The molecule has 2 N–H and O–H groups in total. The number of anilines is 2. The molecule has 0 spiro atoms. The first-order chi connectivity index (χ1) is 16.5. The van der Waals surface area contributed by atoms with Crippen LogP contribution in [0.1, 0.15) is 27.9 Å². The molecule has 2 heterocycles. The van der Waals surface area contributed by atoms with Crippen LogP contribution >= 0.6 is 0 Å². The van der Waals surface area contributed by atoms with E-state index >= 15 is 0 Å². The van der Waals surface area contributed by atoms with E-state index in [0.29, 0.717) is 39.8 Å². The van der Waals surface area contributed by atoms with Crippen molar-refractivity contribution < 1.29 is 19.0 Å². The summed E-state index contributed by atoms with van der Waals surface area (Å²) < 4.78 is 20.1. The van der Waals surface area contributed by atoms with E-state index in [9.17, 15) is 14.3 Å². The van der Waals surface area contributed by atoms with E-state index in [1.165, 1.54) is 12.1 Å². The number of fused-ring (bicyclic) bond motifs is 3. The molecule has 2 aromatic carbocycles. The molecule has 3 aromatic rings. The Morgan fingerprint density at radius 2 is 2.09 bits per heavy atom. The number of hydrogen-bond acceptors (Lipinski definition) is 6. The molecule has 8 heteroatoms. The molecule has 0 amide bonds. The fourth-order valence-corrected chi connectivity index (χ4v) is 4.05. The minimum absolute atomic E-state index is 0.0982. The molecule has 34 heavy (non-hydrogen) atoms. The van der Waals surface area contributed by atoms with Gasteiger partial charge in [0.15, 0.2) is 0 Å². The molecule has 170 valence electrons. The SMILES string of the molecule is COc1cccc(Nc2ncc3c(n2)-c2ccc(C(=O)O)cc2C(C2=CC=CCC2F)=NC3)c1. The Morgan fingerprint density at radius 3 is 2.88 bits per heavy atom. The average molecular weight is 456 g/mol. The average Bonchev–Trinajstić information content (AvgIpc) is 3.01. The number of carboxylic acid groups (broad SMARTS) is 1. The van der Waals surface area contributed by atoms with E-state index in [4.69, 9.17) is 9.72 Å². The van der Waals surface area contributed by atoms with Gasteiger partial charge in [0, 0.05) is 46.6 Å². The second-order valence-corrected chi connectivity index (χ2v) is 7.91. The van der Waals surface area contributed by atoms with Crippen LogP contribution in [0.3, 0.4) is 0 Å². The van der Waals surface area contributed by atoms with Crippen LogP contribution in [0.15, 0.2) is 77.5 Å². The summed E-state index contributed by atoms with van der Waals surface area (Å²) in [7, 11) is 1.59. The summed E-state index contributed by atoms with van der Waals surface area (Å²) in [5.74, 6) is -0.00386. The maximum Gasteiger partial charge on any atom is 0.335 e. The standard InChI is InChI=1S/C26H21FN4O3/c1-34-18-6-4-5-17(12-18)30-26-29-14-16-13-28-24(20-7-2-3-8-22(20)27)21-11-15(25(32)33)9-10-19(21)23(16)31-26/h2-7,9-12,14,22H,8,13H2,1H3,(H,32,33)(H,29,30,31). The number of aromatic carboxylic acids is 1. The second kappa shape index (κ2) is 8.90. The normalized spacial score (nSPS) is 16.5. The number of rotatable bonds is 5.